The standard InChI is InChI=1S/C20H21N3OS/c1-14-6-8-17(9-7-14)10-11-19(24)23(13-18-5-4-12-25-18)20-15(2)21-22-16(20)3/h4-12H,13H2,1-3H3,(H,21,22)/b11-10+. The Labute approximate surface area is 151 Å². The predicted molar refractivity (Wildman–Crippen MR) is 104 cm³/mol. The first-order valence-corrected chi connectivity index (χ1v) is 9.03. The summed E-state index contributed by atoms with van der Waals surface area (Å²) >= 11 is 1.65. The highest BCUT2D eigenvalue weighted by molar-refractivity contribution is 7.09. The fourth-order valence-corrected chi connectivity index (χ4v) is 3.40. The van der Waals surface area contributed by atoms with Gasteiger partial charge < -0.3 is 4.90 Å². The van der Waals surface area contributed by atoms with E-state index >= 15 is 0 Å². The highest BCUT2D eigenvalue weighted by Crippen LogP contribution is 2.26. The number of aromatic amines is 1. The molecule has 5 heteroatoms. The van der Waals surface area contributed by atoms with Crippen LogP contribution in [0.1, 0.15) is 27.4 Å². The Morgan fingerprint density at radius 1 is 1.20 bits per heavy atom. The molecule has 0 aliphatic rings. The van der Waals surface area contributed by atoms with Crippen LogP contribution < -0.4 is 4.90 Å². The van der Waals surface area contributed by atoms with Gasteiger partial charge >= 0.3 is 0 Å². The highest BCUT2D eigenvalue weighted by Gasteiger charge is 2.20. The molecule has 0 aliphatic heterocycles. The summed E-state index contributed by atoms with van der Waals surface area (Å²) in [5, 5.41) is 9.23. The van der Waals surface area contributed by atoms with Crippen molar-refractivity contribution in [1.29, 1.82) is 0 Å². The van der Waals surface area contributed by atoms with Crippen molar-refractivity contribution in [3.05, 3.63) is 75.2 Å². The average Bonchev–Trinajstić information content (AvgIpc) is 3.22. The molecule has 2 aromatic heterocycles. The Kier molecular flexibility index (Phi) is 5.14. The molecule has 0 spiro atoms. The second-order valence-electron chi connectivity index (χ2n) is 6.03. The zero-order valence-corrected chi connectivity index (χ0v) is 15.4. The number of amides is 1. The zero-order valence-electron chi connectivity index (χ0n) is 14.6. The van der Waals surface area contributed by atoms with Gasteiger partial charge in [-0.25, -0.2) is 0 Å². The Bertz CT molecular complexity index is 857. The summed E-state index contributed by atoms with van der Waals surface area (Å²) in [6.45, 7) is 6.44. The van der Waals surface area contributed by atoms with E-state index in [1.165, 1.54) is 5.56 Å². The van der Waals surface area contributed by atoms with Gasteiger partial charge in [0.1, 0.15) is 0 Å². The van der Waals surface area contributed by atoms with Crippen molar-refractivity contribution in [3.8, 4) is 0 Å². The summed E-state index contributed by atoms with van der Waals surface area (Å²) in [5.41, 5.74) is 4.78. The lowest BCUT2D eigenvalue weighted by Gasteiger charge is -2.21. The first-order valence-electron chi connectivity index (χ1n) is 8.15. The Balaban J connectivity index is 1.88. The molecule has 0 atom stereocenters. The second kappa shape index (κ2) is 7.49. The predicted octanol–water partition coefficient (Wildman–Crippen LogP) is 4.64. The molecule has 25 heavy (non-hydrogen) atoms. The van der Waals surface area contributed by atoms with Crippen molar-refractivity contribution in [1.82, 2.24) is 10.2 Å². The fraction of sp³-hybridized carbons (Fsp3) is 0.200. The number of hydrogen-bond donors (Lipinski definition) is 1. The van der Waals surface area contributed by atoms with Gasteiger partial charge in [-0.05, 0) is 43.9 Å². The van der Waals surface area contributed by atoms with Crippen molar-refractivity contribution in [2.45, 2.75) is 27.3 Å². The summed E-state index contributed by atoms with van der Waals surface area (Å²) in [4.78, 5) is 15.8. The van der Waals surface area contributed by atoms with E-state index in [1.807, 2.05) is 68.6 Å². The van der Waals surface area contributed by atoms with Gasteiger partial charge in [-0.1, -0.05) is 35.9 Å². The number of carbonyl (C=O) groups is 1. The number of benzene rings is 1. The maximum Gasteiger partial charge on any atom is 0.251 e. The first kappa shape index (κ1) is 17.2. The summed E-state index contributed by atoms with van der Waals surface area (Å²) in [6.07, 6.45) is 3.48. The lowest BCUT2D eigenvalue weighted by molar-refractivity contribution is -0.114. The molecule has 0 radical (unpaired) electrons. The molecule has 4 nitrogen and oxygen atoms in total. The van der Waals surface area contributed by atoms with Crippen LogP contribution in [0.5, 0.6) is 0 Å². The van der Waals surface area contributed by atoms with Gasteiger partial charge in [0.2, 0.25) is 0 Å². The van der Waals surface area contributed by atoms with Crippen LogP contribution in [-0.4, -0.2) is 16.1 Å². The van der Waals surface area contributed by atoms with Crippen molar-refractivity contribution >= 4 is 29.0 Å². The maximum absolute atomic E-state index is 12.9. The third-order valence-corrected chi connectivity index (χ3v) is 4.88. The van der Waals surface area contributed by atoms with E-state index in [0.29, 0.717) is 6.54 Å². The minimum absolute atomic E-state index is 0.0541. The molecule has 1 N–H and O–H groups in total. The number of nitrogens with zero attached hydrogens (tertiary/aromatic N) is 2. The van der Waals surface area contributed by atoms with Crippen LogP contribution in [0.15, 0.2) is 47.9 Å². The summed E-state index contributed by atoms with van der Waals surface area (Å²) in [5.74, 6) is -0.0541. The Morgan fingerprint density at radius 3 is 2.56 bits per heavy atom. The van der Waals surface area contributed by atoms with Gasteiger partial charge in [0.15, 0.2) is 0 Å². The molecule has 3 rings (SSSR count). The smallest absolute Gasteiger partial charge is 0.251 e. The molecule has 128 valence electrons. The largest absolute Gasteiger partial charge is 0.300 e. The van der Waals surface area contributed by atoms with Gasteiger partial charge in [0.25, 0.3) is 5.91 Å². The van der Waals surface area contributed by atoms with E-state index in [9.17, 15) is 4.79 Å². The number of hydrogen-bond acceptors (Lipinski definition) is 3. The molecule has 0 saturated heterocycles. The number of carbonyl (C=O) groups excluding carboxylic acids is 1. The third kappa shape index (κ3) is 4.06. The highest BCUT2D eigenvalue weighted by atomic mass is 32.1. The number of H-pyrrole nitrogens is 1. The van der Waals surface area contributed by atoms with Crippen molar-refractivity contribution in [3.63, 3.8) is 0 Å². The molecule has 1 amide bonds. The number of rotatable bonds is 5. The quantitative estimate of drug-likeness (QED) is 0.681. The fourth-order valence-electron chi connectivity index (χ4n) is 2.70. The first-order chi connectivity index (χ1) is 12.0. The van der Waals surface area contributed by atoms with Crippen molar-refractivity contribution < 1.29 is 4.79 Å². The monoisotopic (exact) mass is 351 g/mol. The van der Waals surface area contributed by atoms with E-state index in [4.69, 9.17) is 0 Å². The van der Waals surface area contributed by atoms with E-state index < -0.39 is 0 Å². The van der Waals surface area contributed by atoms with Crippen LogP contribution in [0.2, 0.25) is 0 Å². The summed E-state index contributed by atoms with van der Waals surface area (Å²) in [6, 6.07) is 12.1. The second-order valence-corrected chi connectivity index (χ2v) is 7.06. The zero-order chi connectivity index (χ0) is 17.8. The SMILES string of the molecule is Cc1ccc(/C=C/C(=O)N(Cc2cccs2)c2c(C)n[nH]c2C)cc1. The molecule has 0 saturated carbocycles. The van der Waals surface area contributed by atoms with E-state index in [0.717, 1.165) is 27.5 Å². The van der Waals surface area contributed by atoms with Gasteiger partial charge in [0, 0.05) is 11.0 Å². The van der Waals surface area contributed by atoms with E-state index in [2.05, 4.69) is 10.2 Å². The van der Waals surface area contributed by atoms with Crippen LogP contribution in [0, 0.1) is 20.8 Å². The van der Waals surface area contributed by atoms with Gasteiger partial charge in [-0.15, -0.1) is 11.3 Å². The molecule has 0 aliphatic carbocycles. The number of nitrogens with one attached hydrogen (secondary N) is 1. The molecule has 0 fully saturated rings. The summed E-state index contributed by atoms with van der Waals surface area (Å²) in [7, 11) is 0. The topological polar surface area (TPSA) is 49.0 Å². The Hall–Kier alpha value is -2.66. The normalized spacial score (nSPS) is 11.2. The molecule has 3 aromatic rings. The molecular formula is C20H21N3OS. The van der Waals surface area contributed by atoms with E-state index in [1.54, 1.807) is 22.3 Å². The number of anilines is 1. The maximum atomic E-state index is 12.9. The summed E-state index contributed by atoms with van der Waals surface area (Å²) < 4.78 is 0. The minimum atomic E-state index is -0.0541. The van der Waals surface area contributed by atoms with Crippen LogP contribution >= 0.6 is 11.3 Å². The number of aryl methyl sites for hydroxylation is 3. The molecule has 0 unspecified atom stereocenters. The van der Waals surface area contributed by atoms with E-state index in [-0.39, 0.29) is 5.91 Å². The van der Waals surface area contributed by atoms with Gasteiger partial charge in [0.05, 0.1) is 23.6 Å². The molecule has 0 bridgehead atoms. The van der Waals surface area contributed by atoms with Crippen molar-refractivity contribution in [2.75, 3.05) is 4.90 Å². The van der Waals surface area contributed by atoms with Crippen LogP contribution in [0.4, 0.5) is 5.69 Å². The molecular weight excluding hydrogens is 330 g/mol. The minimum Gasteiger partial charge on any atom is -0.300 e. The molecule has 2 heterocycles. The average molecular weight is 351 g/mol. The third-order valence-electron chi connectivity index (χ3n) is 4.01. The Morgan fingerprint density at radius 2 is 1.96 bits per heavy atom. The number of aromatic nitrogens is 2. The van der Waals surface area contributed by atoms with Crippen molar-refractivity contribution in [2.24, 2.45) is 0 Å². The molecule has 1 aromatic carbocycles. The van der Waals surface area contributed by atoms with Crippen LogP contribution in [0.25, 0.3) is 6.08 Å². The van der Waals surface area contributed by atoms with Gasteiger partial charge in [-0.3, -0.25) is 9.89 Å². The number of thiophene rings is 1. The van der Waals surface area contributed by atoms with Crippen LogP contribution in [0.3, 0.4) is 0 Å². The van der Waals surface area contributed by atoms with Gasteiger partial charge in [-0.2, -0.15) is 5.10 Å². The lowest BCUT2D eigenvalue weighted by Crippen LogP contribution is -2.29. The lowest BCUT2D eigenvalue weighted by atomic mass is 10.1. The van der Waals surface area contributed by atoms with Crippen LogP contribution in [-0.2, 0) is 11.3 Å².